The highest BCUT2D eigenvalue weighted by Crippen LogP contribution is 2.47. The fourth-order valence-electron chi connectivity index (χ4n) is 5.04. The largest absolute Gasteiger partial charge is 0.496 e. The predicted octanol–water partition coefficient (Wildman–Crippen LogP) is 5.36. The number of Topliss-reactive ketones (excluding diaryl/α,β-unsaturated/α-hetero) is 1. The Morgan fingerprint density at radius 1 is 1.06 bits per heavy atom. The van der Waals surface area contributed by atoms with E-state index in [-0.39, 0.29) is 17.8 Å². The van der Waals surface area contributed by atoms with Crippen molar-refractivity contribution in [3.8, 4) is 11.5 Å². The van der Waals surface area contributed by atoms with Crippen LogP contribution in [0, 0.1) is 12.3 Å². The van der Waals surface area contributed by atoms with E-state index >= 15 is 0 Å². The van der Waals surface area contributed by atoms with Crippen LogP contribution in [0.15, 0.2) is 65.0 Å². The quantitative estimate of drug-likeness (QED) is 0.567. The van der Waals surface area contributed by atoms with Crippen LogP contribution in [-0.2, 0) is 20.9 Å². The molecule has 2 aromatic carbocycles. The number of dihydropyridines is 1. The van der Waals surface area contributed by atoms with E-state index in [1.807, 2.05) is 56.3 Å². The molecule has 0 saturated carbocycles. The van der Waals surface area contributed by atoms with Gasteiger partial charge in [0.15, 0.2) is 5.78 Å². The van der Waals surface area contributed by atoms with Crippen molar-refractivity contribution in [2.24, 2.45) is 5.41 Å². The third kappa shape index (κ3) is 4.97. The van der Waals surface area contributed by atoms with Crippen LogP contribution in [0.25, 0.3) is 0 Å². The van der Waals surface area contributed by atoms with E-state index in [0.717, 1.165) is 34.6 Å². The molecule has 35 heavy (non-hydrogen) atoms. The Balaban J connectivity index is 1.78. The number of allylic oxidation sites excluding steroid dienone is 3. The molecule has 6 heteroatoms. The van der Waals surface area contributed by atoms with E-state index in [1.54, 1.807) is 7.11 Å². The summed E-state index contributed by atoms with van der Waals surface area (Å²) < 4.78 is 16.8. The molecule has 4 rings (SSSR count). The molecule has 1 atom stereocenters. The van der Waals surface area contributed by atoms with Gasteiger partial charge in [-0.25, -0.2) is 4.79 Å². The minimum atomic E-state index is -0.522. The van der Waals surface area contributed by atoms with Gasteiger partial charge in [-0.2, -0.15) is 0 Å². The lowest BCUT2D eigenvalue weighted by molar-refractivity contribution is -0.136. The van der Waals surface area contributed by atoms with Crippen LogP contribution in [0.2, 0.25) is 0 Å². The highest BCUT2D eigenvalue weighted by Gasteiger charge is 2.43. The number of benzene rings is 2. The molecule has 1 aliphatic carbocycles. The third-order valence-corrected chi connectivity index (χ3v) is 6.70. The molecule has 2 aliphatic rings. The van der Waals surface area contributed by atoms with Gasteiger partial charge in [0, 0.05) is 34.9 Å². The first-order valence-corrected chi connectivity index (χ1v) is 11.8. The normalized spacial score (nSPS) is 19.1. The van der Waals surface area contributed by atoms with Gasteiger partial charge in [0.25, 0.3) is 0 Å². The van der Waals surface area contributed by atoms with Crippen molar-refractivity contribution in [3.05, 3.63) is 81.7 Å². The first-order valence-electron chi connectivity index (χ1n) is 11.8. The number of rotatable bonds is 6. The smallest absolute Gasteiger partial charge is 0.336 e. The van der Waals surface area contributed by atoms with Crippen LogP contribution in [-0.4, -0.2) is 26.0 Å². The van der Waals surface area contributed by atoms with E-state index < -0.39 is 11.9 Å². The van der Waals surface area contributed by atoms with Crippen molar-refractivity contribution in [3.63, 3.8) is 0 Å². The maximum Gasteiger partial charge on any atom is 0.336 e. The Morgan fingerprint density at radius 2 is 1.77 bits per heavy atom. The fraction of sp³-hybridized carbons (Fsp3) is 0.379. The molecule has 0 spiro atoms. The summed E-state index contributed by atoms with van der Waals surface area (Å²) in [6.07, 6.45) is 1.16. The number of ether oxygens (including phenoxy) is 3. The molecular formula is C29H33NO5. The van der Waals surface area contributed by atoms with Crippen LogP contribution < -0.4 is 14.8 Å². The summed E-state index contributed by atoms with van der Waals surface area (Å²) in [5, 5.41) is 3.35. The number of hydrogen-bond donors (Lipinski definition) is 1. The van der Waals surface area contributed by atoms with Gasteiger partial charge in [0.05, 0.1) is 19.8 Å². The summed E-state index contributed by atoms with van der Waals surface area (Å²) in [7, 11) is 2.98. The van der Waals surface area contributed by atoms with Crippen LogP contribution >= 0.6 is 0 Å². The molecule has 1 heterocycles. The van der Waals surface area contributed by atoms with E-state index in [1.165, 1.54) is 7.11 Å². The lowest BCUT2D eigenvalue weighted by Crippen LogP contribution is -2.38. The summed E-state index contributed by atoms with van der Waals surface area (Å²) >= 11 is 0. The van der Waals surface area contributed by atoms with Gasteiger partial charge >= 0.3 is 5.97 Å². The standard InChI is InChI=1S/C29H33NO5/c1-17-7-10-21(11-8-17)35-16-20-13-19(9-12-24(20)33-5)26-25(28(32)34-6)18(2)30-22-14-29(3,4)15-23(31)27(22)26/h7-13,26,30H,14-16H2,1-6H3. The molecule has 0 radical (unpaired) electrons. The molecule has 184 valence electrons. The van der Waals surface area contributed by atoms with Crippen molar-refractivity contribution in [2.45, 2.75) is 53.1 Å². The summed E-state index contributed by atoms with van der Waals surface area (Å²) in [6.45, 7) is 8.36. The summed E-state index contributed by atoms with van der Waals surface area (Å²) in [5.74, 6) is 0.519. The van der Waals surface area contributed by atoms with Crippen molar-refractivity contribution < 1.29 is 23.8 Å². The first-order chi connectivity index (χ1) is 16.6. The molecule has 6 nitrogen and oxygen atoms in total. The zero-order chi connectivity index (χ0) is 25.3. The van der Waals surface area contributed by atoms with Crippen LogP contribution in [0.3, 0.4) is 0 Å². The second kappa shape index (κ2) is 9.61. The maximum absolute atomic E-state index is 13.4. The Labute approximate surface area is 207 Å². The molecule has 1 unspecified atom stereocenters. The number of carbonyl (C=O) groups excluding carboxylic acids is 2. The third-order valence-electron chi connectivity index (χ3n) is 6.70. The average Bonchev–Trinajstić information content (AvgIpc) is 2.81. The Bertz CT molecular complexity index is 1220. The number of carbonyl (C=O) groups is 2. The Kier molecular flexibility index (Phi) is 6.75. The van der Waals surface area contributed by atoms with Crippen LogP contribution in [0.4, 0.5) is 0 Å². The maximum atomic E-state index is 13.4. The number of ketones is 1. The second-order valence-electron chi connectivity index (χ2n) is 10.1. The zero-order valence-electron chi connectivity index (χ0n) is 21.3. The van der Waals surface area contributed by atoms with Crippen molar-refractivity contribution in [1.82, 2.24) is 5.32 Å². The number of methoxy groups -OCH3 is 2. The van der Waals surface area contributed by atoms with Gasteiger partial charge in [-0.15, -0.1) is 0 Å². The van der Waals surface area contributed by atoms with Crippen LogP contribution in [0.5, 0.6) is 11.5 Å². The molecular weight excluding hydrogens is 442 g/mol. The van der Waals surface area contributed by atoms with Gasteiger partial charge in [-0.3, -0.25) is 4.79 Å². The van der Waals surface area contributed by atoms with E-state index in [4.69, 9.17) is 14.2 Å². The van der Waals surface area contributed by atoms with Crippen molar-refractivity contribution in [1.29, 1.82) is 0 Å². The number of esters is 1. The highest BCUT2D eigenvalue weighted by molar-refractivity contribution is 6.04. The number of nitrogens with one attached hydrogen (secondary N) is 1. The van der Waals surface area contributed by atoms with Crippen molar-refractivity contribution >= 4 is 11.8 Å². The van der Waals surface area contributed by atoms with Crippen molar-refractivity contribution in [2.75, 3.05) is 14.2 Å². The molecule has 0 amide bonds. The molecule has 0 saturated heterocycles. The lowest BCUT2D eigenvalue weighted by Gasteiger charge is -2.39. The minimum absolute atomic E-state index is 0.0518. The van der Waals surface area contributed by atoms with E-state index in [2.05, 4.69) is 19.2 Å². The monoisotopic (exact) mass is 475 g/mol. The molecule has 0 bridgehead atoms. The summed E-state index contributed by atoms with van der Waals surface area (Å²) in [6, 6.07) is 13.6. The first kappa shape index (κ1) is 24.6. The molecule has 1 N–H and O–H groups in total. The topological polar surface area (TPSA) is 73.9 Å². The van der Waals surface area contributed by atoms with Gasteiger partial charge < -0.3 is 19.5 Å². The molecule has 0 aromatic heterocycles. The SMILES string of the molecule is COC(=O)C1=C(C)NC2=C(C(=O)CC(C)(C)C2)C1c1ccc(OC)c(COc2ccc(C)cc2)c1. The molecule has 2 aromatic rings. The van der Waals surface area contributed by atoms with Gasteiger partial charge in [0.2, 0.25) is 0 Å². The fourth-order valence-corrected chi connectivity index (χ4v) is 5.04. The van der Waals surface area contributed by atoms with Gasteiger partial charge in [0.1, 0.15) is 18.1 Å². The lowest BCUT2D eigenvalue weighted by atomic mass is 9.68. The molecule has 1 aliphatic heterocycles. The van der Waals surface area contributed by atoms with Gasteiger partial charge in [-0.05, 0) is 55.5 Å². The van der Waals surface area contributed by atoms with E-state index in [9.17, 15) is 9.59 Å². The predicted molar refractivity (Wildman–Crippen MR) is 134 cm³/mol. The summed E-state index contributed by atoms with van der Waals surface area (Å²) in [4.78, 5) is 26.3. The average molecular weight is 476 g/mol. The van der Waals surface area contributed by atoms with E-state index in [0.29, 0.717) is 29.0 Å². The molecule has 0 fully saturated rings. The van der Waals surface area contributed by atoms with Gasteiger partial charge in [-0.1, -0.05) is 37.6 Å². The zero-order valence-corrected chi connectivity index (χ0v) is 21.3. The number of hydrogen-bond acceptors (Lipinski definition) is 6. The Morgan fingerprint density at radius 3 is 2.43 bits per heavy atom. The highest BCUT2D eigenvalue weighted by atomic mass is 16.5. The minimum Gasteiger partial charge on any atom is -0.496 e. The Hall–Kier alpha value is -3.54. The second-order valence-corrected chi connectivity index (χ2v) is 10.1. The van der Waals surface area contributed by atoms with Crippen LogP contribution in [0.1, 0.15) is 56.2 Å². The number of aryl methyl sites for hydroxylation is 1. The summed E-state index contributed by atoms with van der Waals surface area (Å²) in [5.41, 5.74) is 5.36.